The summed E-state index contributed by atoms with van der Waals surface area (Å²) in [6.07, 6.45) is 0. The number of nitrogens with zero attached hydrogens (tertiary/aromatic N) is 2. The Labute approximate surface area is 108 Å². The van der Waals surface area contributed by atoms with Crippen LogP contribution in [0.5, 0.6) is 11.8 Å². The highest BCUT2D eigenvalue weighted by Gasteiger charge is 2.12. The van der Waals surface area contributed by atoms with Crippen molar-refractivity contribution in [2.75, 3.05) is 0 Å². The Bertz CT molecular complexity index is 644. The minimum Gasteiger partial charge on any atom is -0.477 e. The Morgan fingerprint density at radius 2 is 2.00 bits per heavy atom. The number of aromatic carboxylic acids is 1. The van der Waals surface area contributed by atoms with Crippen LogP contribution in [0, 0.1) is 19.7 Å². The molecule has 1 N–H and O–H groups in total. The topological polar surface area (TPSA) is 72.3 Å². The van der Waals surface area contributed by atoms with Gasteiger partial charge in [-0.25, -0.2) is 14.2 Å². The molecule has 0 saturated carbocycles. The predicted octanol–water partition coefficient (Wildman–Crippen LogP) is 2.72. The number of aryl methyl sites for hydroxylation is 2. The van der Waals surface area contributed by atoms with E-state index in [0.29, 0.717) is 5.69 Å². The molecule has 0 spiro atoms. The van der Waals surface area contributed by atoms with Crippen LogP contribution in [0.4, 0.5) is 4.39 Å². The van der Waals surface area contributed by atoms with Crippen molar-refractivity contribution in [2.24, 2.45) is 0 Å². The molecule has 98 valence electrons. The lowest BCUT2D eigenvalue weighted by molar-refractivity contribution is 0.0689. The van der Waals surface area contributed by atoms with E-state index < -0.39 is 11.8 Å². The summed E-state index contributed by atoms with van der Waals surface area (Å²) in [5.74, 6) is -1.80. The summed E-state index contributed by atoms with van der Waals surface area (Å²) in [7, 11) is 0. The molecule has 0 aliphatic rings. The molecule has 19 heavy (non-hydrogen) atoms. The molecular weight excluding hydrogens is 251 g/mol. The van der Waals surface area contributed by atoms with E-state index >= 15 is 0 Å². The molecule has 1 heterocycles. The lowest BCUT2D eigenvalue weighted by atomic mass is 10.2. The van der Waals surface area contributed by atoms with E-state index in [1.54, 1.807) is 19.9 Å². The molecule has 1 aromatic heterocycles. The van der Waals surface area contributed by atoms with Gasteiger partial charge in [-0.3, -0.25) is 0 Å². The summed E-state index contributed by atoms with van der Waals surface area (Å²) in [5, 5.41) is 8.88. The molecule has 0 saturated heterocycles. The molecule has 6 heteroatoms. The van der Waals surface area contributed by atoms with E-state index in [2.05, 4.69) is 9.97 Å². The fourth-order valence-corrected chi connectivity index (χ4v) is 1.48. The lowest BCUT2D eigenvalue weighted by Crippen LogP contribution is -2.04. The number of benzene rings is 1. The van der Waals surface area contributed by atoms with Gasteiger partial charge in [0.15, 0.2) is 17.3 Å². The molecule has 0 bridgehead atoms. The third-order valence-corrected chi connectivity index (χ3v) is 2.34. The lowest BCUT2D eigenvalue weighted by Gasteiger charge is -2.07. The van der Waals surface area contributed by atoms with Crippen LogP contribution < -0.4 is 4.74 Å². The third kappa shape index (κ3) is 3.04. The second kappa shape index (κ2) is 5.01. The number of carbonyl (C=O) groups is 1. The molecule has 0 unspecified atom stereocenters. The second-order valence-corrected chi connectivity index (χ2v) is 4.02. The van der Waals surface area contributed by atoms with Gasteiger partial charge in [-0.1, -0.05) is 6.07 Å². The maximum absolute atomic E-state index is 13.5. The van der Waals surface area contributed by atoms with E-state index in [-0.39, 0.29) is 17.5 Å². The average Bonchev–Trinajstić information content (AvgIpc) is 2.33. The van der Waals surface area contributed by atoms with Gasteiger partial charge in [0.1, 0.15) is 0 Å². The summed E-state index contributed by atoms with van der Waals surface area (Å²) in [6, 6.07) is 5.46. The molecule has 0 radical (unpaired) electrons. The molecule has 2 rings (SSSR count). The monoisotopic (exact) mass is 262 g/mol. The van der Waals surface area contributed by atoms with Crippen molar-refractivity contribution >= 4 is 5.97 Å². The molecule has 0 amide bonds. The normalized spacial score (nSPS) is 10.3. The van der Waals surface area contributed by atoms with Gasteiger partial charge in [0.2, 0.25) is 0 Å². The first-order valence-corrected chi connectivity index (χ1v) is 5.48. The van der Waals surface area contributed by atoms with Crippen molar-refractivity contribution in [2.45, 2.75) is 13.8 Å². The standard InChI is InChI=1S/C13H11FN2O3/c1-7-3-4-9(14)11(5-7)19-13-15-8(2)6-10(16-13)12(17)18/h3-6H,1-2H3,(H,17,18). The van der Waals surface area contributed by atoms with E-state index in [0.717, 1.165) is 5.56 Å². The van der Waals surface area contributed by atoms with E-state index in [9.17, 15) is 9.18 Å². The fraction of sp³-hybridized carbons (Fsp3) is 0.154. The SMILES string of the molecule is Cc1ccc(F)c(Oc2nc(C)cc(C(=O)O)n2)c1. The Hall–Kier alpha value is -2.50. The summed E-state index contributed by atoms with van der Waals surface area (Å²) >= 11 is 0. The Morgan fingerprint density at radius 3 is 2.68 bits per heavy atom. The molecule has 1 aromatic carbocycles. The number of carboxylic acid groups (broad SMARTS) is 1. The van der Waals surface area contributed by atoms with Crippen LogP contribution in [-0.2, 0) is 0 Å². The molecule has 0 aliphatic carbocycles. The maximum atomic E-state index is 13.5. The van der Waals surface area contributed by atoms with Gasteiger partial charge < -0.3 is 9.84 Å². The Balaban J connectivity index is 2.38. The fourth-order valence-electron chi connectivity index (χ4n) is 1.48. The summed E-state index contributed by atoms with van der Waals surface area (Å²) in [6.45, 7) is 3.39. The van der Waals surface area contributed by atoms with Crippen molar-refractivity contribution in [3.8, 4) is 11.8 Å². The zero-order valence-corrected chi connectivity index (χ0v) is 10.3. The van der Waals surface area contributed by atoms with Crippen molar-refractivity contribution in [1.29, 1.82) is 0 Å². The quantitative estimate of drug-likeness (QED) is 0.920. The van der Waals surface area contributed by atoms with Crippen molar-refractivity contribution in [3.05, 3.63) is 47.0 Å². The largest absolute Gasteiger partial charge is 0.477 e. The molecule has 5 nitrogen and oxygen atoms in total. The van der Waals surface area contributed by atoms with Crippen LogP contribution in [0.1, 0.15) is 21.7 Å². The highest BCUT2D eigenvalue weighted by Crippen LogP contribution is 2.23. The average molecular weight is 262 g/mol. The van der Waals surface area contributed by atoms with Crippen LogP contribution in [0.15, 0.2) is 24.3 Å². The number of carboxylic acids is 1. The number of hydrogen-bond donors (Lipinski definition) is 1. The summed E-state index contributed by atoms with van der Waals surface area (Å²) in [4.78, 5) is 18.5. The van der Waals surface area contributed by atoms with Crippen LogP contribution in [0.2, 0.25) is 0 Å². The minimum atomic E-state index is -1.19. The van der Waals surface area contributed by atoms with Gasteiger partial charge in [0, 0.05) is 5.69 Å². The zero-order chi connectivity index (χ0) is 14.0. The number of ether oxygens (including phenoxy) is 1. The van der Waals surface area contributed by atoms with Gasteiger partial charge in [-0.05, 0) is 37.6 Å². The highest BCUT2D eigenvalue weighted by atomic mass is 19.1. The predicted molar refractivity (Wildman–Crippen MR) is 64.9 cm³/mol. The first-order valence-electron chi connectivity index (χ1n) is 5.48. The summed E-state index contributed by atoms with van der Waals surface area (Å²) in [5.41, 5.74) is 1.04. The van der Waals surface area contributed by atoms with Crippen LogP contribution in [0.25, 0.3) is 0 Å². The number of rotatable bonds is 3. The van der Waals surface area contributed by atoms with Crippen LogP contribution in [0.3, 0.4) is 0 Å². The second-order valence-electron chi connectivity index (χ2n) is 4.02. The maximum Gasteiger partial charge on any atom is 0.354 e. The first-order chi connectivity index (χ1) is 8.95. The Morgan fingerprint density at radius 1 is 1.26 bits per heavy atom. The third-order valence-electron chi connectivity index (χ3n) is 2.34. The van der Waals surface area contributed by atoms with Crippen molar-refractivity contribution in [3.63, 3.8) is 0 Å². The summed E-state index contributed by atoms with van der Waals surface area (Å²) < 4.78 is 18.7. The van der Waals surface area contributed by atoms with Gasteiger partial charge in [-0.2, -0.15) is 4.98 Å². The molecule has 0 aliphatic heterocycles. The van der Waals surface area contributed by atoms with E-state index in [1.165, 1.54) is 18.2 Å². The van der Waals surface area contributed by atoms with Crippen LogP contribution in [-0.4, -0.2) is 21.0 Å². The molecule has 0 atom stereocenters. The van der Waals surface area contributed by atoms with Crippen molar-refractivity contribution < 1.29 is 19.0 Å². The van der Waals surface area contributed by atoms with Crippen molar-refractivity contribution in [1.82, 2.24) is 9.97 Å². The Kier molecular flexibility index (Phi) is 3.41. The molecule has 0 fully saturated rings. The zero-order valence-electron chi connectivity index (χ0n) is 10.3. The van der Waals surface area contributed by atoms with Gasteiger partial charge >= 0.3 is 12.0 Å². The highest BCUT2D eigenvalue weighted by molar-refractivity contribution is 5.85. The van der Waals surface area contributed by atoms with Crippen LogP contribution >= 0.6 is 0 Å². The molecular formula is C13H11FN2O3. The number of halogens is 1. The first kappa shape index (κ1) is 12.9. The smallest absolute Gasteiger partial charge is 0.354 e. The van der Waals surface area contributed by atoms with Gasteiger partial charge in [0.05, 0.1) is 0 Å². The van der Waals surface area contributed by atoms with Gasteiger partial charge in [0.25, 0.3) is 0 Å². The number of hydrogen-bond acceptors (Lipinski definition) is 4. The number of aromatic nitrogens is 2. The molecule has 2 aromatic rings. The van der Waals surface area contributed by atoms with E-state index in [4.69, 9.17) is 9.84 Å². The van der Waals surface area contributed by atoms with E-state index in [1.807, 2.05) is 0 Å². The minimum absolute atomic E-state index is 0.0399. The van der Waals surface area contributed by atoms with Gasteiger partial charge in [-0.15, -0.1) is 0 Å².